The highest BCUT2D eigenvalue weighted by Gasteiger charge is 2.26. The average Bonchev–Trinajstić information content (AvgIpc) is 3.24. The van der Waals surface area contributed by atoms with Gasteiger partial charge in [0, 0.05) is 19.4 Å². The molecule has 0 heterocycles. The van der Waals surface area contributed by atoms with Gasteiger partial charge in [0.25, 0.3) is 0 Å². The molecule has 9 nitrogen and oxygen atoms in total. The zero-order valence-electron chi connectivity index (χ0n) is 38.2. The predicted octanol–water partition coefficient (Wildman–Crippen LogP) is 14.2. The summed E-state index contributed by atoms with van der Waals surface area (Å²) >= 11 is 0. The number of hydrogen-bond acceptors (Lipinski definition) is 8. The number of nitrogens with two attached hydrogens (primary N) is 1. The Balaban J connectivity index is 3.92. The van der Waals surface area contributed by atoms with Crippen LogP contribution >= 0.6 is 7.82 Å². The van der Waals surface area contributed by atoms with Crippen molar-refractivity contribution in [3.63, 3.8) is 0 Å². The Labute approximate surface area is 367 Å². The fourth-order valence-corrected chi connectivity index (χ4v) is 7.11. The van der Waals surface area contributed by atoms with E-state index < -0.39 is 26.5 Å². The third kappa shape index (κ3) is 45.0. The molecule has 0 saturated carbocycles. The minimum absolute atomic E-state index is 0.0516. The largest absolute Gasteiger partial charge is 0.472 e. The Bertz CT molecular complexity index is 1210. The monoisotopic (exact) mass is 862 g/mol. The van der Waals surface area contributed by atoms with E-state index in [1.165, 1.54) is 89.9 Å². The Morgan fingerprint density at radius 1 is 0.517 bits per heavy atom. The van der Waals surface area contributed by atoms with Crippen LogP contribution in [0.1, 0.15) is 200 Å². The summed E-state index contributed by atoms with van der Waals surface area (Å²) in [6.45, 7) is 3.58. The van der Waals surface area contributed by atoms with Crippen LogP contribution in [0.5, 0.6) is 0 Å². The number of unbranched alkanes of at least 4 members (excludes halogenated alkanes) is 19. The maximum Gasteiger partial charge on any atom is 0.472 e. The van der Waals surface area contributed by atoms with Crippen LogP contribution in [0, 0.1) is 0 Å². The number of esters is 2. The molecule has 0 aromatic carbocycles. The number of phosphoric acid groups is 1. The first-order chi connectivity index (χ1) is 29.3. The Morgan fingerprint density at radius 3 is 1.37 bits per heavy atom. The molecular formula is C50H88NO8P. The molecule has 0 saturated heterocycles. The summed E-state index contributed by atoms with van der Waals surface area (Å²) < 4.78 is 32.7. The lowest BCUT2D eigenvalue weighted by molar-refractivity contribution is -0.161. The first-order valence-corrected chi connectivity index (χ1v) is 25.4. The van der Waals surface area contributed by atoms with Crippen LogP contribution in [0.4, 0.5) is 0 Å². The summed E-state index contributed by atoms with van der Waals surface area (Å²) in [6, 6.07) is 0. The van der Waals surface area contributed by atoms with E-state index in [0.717, 1.165) is 77.0 Å². The maximum atomic E-state index is 12.6. The van der Waals surface area contributed by atoms with E-state index in [1.807, 2.05) is 0 Å². The van der Waals surface area contributed by atoms with Gasteiger partial charge in [-0.15, -0.1) is 0 Å². The summed E-state index contributed by atoms with van der Waals surface area (Å²) in [7, 11) is -4.37. The molecule has 0 bridgehead atoms. The molecule has 60 heavy (non-hydrogen) atoms. The van der Waals surface area contributed by atoms with E-state index in [0.29, 0.717) is 6.42 Å². The van der Waals surface area contributed by atoms with Crippen molar-refractivity contribution in [1.29, 1.82) is 0 Å². The first kappa shape index (κ1) is 57.4. The summed E-state index contributed by atoms with van der Waals surface area (Å²) in [5.74, 6) is -0.836. The van der Waals surface area contributed by atoms with Gasteiger partial charge in [0.1, 0.15) is 6.61 Å². The normalized spacial score (nSPS) is 13.9. The predicted molar refractivity (Wildman–Crippen MR) is 252 cm³/mol. The van der Waals surface area contributed by atoms with E-state index in [9.17, 15) is 19.0 Å². The highest BCUT2D eigenvalue weighted by molar-refractivity contribution is 7.47. The lowest BCUT2D eigenvalue weighted by Crippen LogP contribution is -2.29. The van der Waals surface area contributed by atoms with Gasteiger partial charge in [0.15, 0.2) is 6.10 Å². The molecule has 2 unspecified atom stereocenters. The SMILES string of the molecule is CC/C=C\C/C=C\C/C=C\C/C=C\C/C=C\C/C=C\CCCCCCCCCCCCCCC(=O)OC(COC(=O)CCCCCCCCCC)COP(=O)(O)OCCN. The first-order valence-electron chi connectivity index (χ1n) is 23.9. The average molecular weight is 862 g/mol. The molecule has 0 fully saturated rings. The smallest absolute Gasteiger partial charge is 0.462 e. The standard InChI is InChI=1S/C50H88NO8P/c1-3-5-7-9-11-13-14-15-16-17-18-19-20-21-22-23-24-25-26-27-28-29-30-31-32-33-34-35-37-39-41-43-50(53)59-48(47-58-60(54,55)57-45-44-51)46-56-49(52)42-40-38-36-12-10-8-6-4-2/h5,7,11,13,15-16,18-19,21-22,24-25,48H,3-4,6,8-10,12,14,17,20,23,26-47,51H2,1-2H3,(H,54,55)/b7-5-,13-11-,16-15-,19-18-,22-21-,25-24-. The van der Waals surface area contributed by atoms with Crippen molar-refractivity contribution in [2.75, 3.05) is 26.4 Å². The zero-order valence-corrected chi connectivity index (χ0v) is 39.1. The Hall–Kier alpha value is -2.55. The van der Waals surface area contributed by atoms with Crippen molar-refractivity contribution in [3.8, 4) is 0 Å². The van der Waals surface area contributed by atoms with Gasteiger partial charge in [0.05, 0.1) is 13.2 Å². The second-order valence-electron chi connectivity index (χ2n) is 15.6. The van der Waals surface area contributed by atoms with Crippen LogP contribution in [-0.2, 0) is 32.7 Å². The third-order valence-electron chi connectivity index (χ3n) is 9.86. The molecule has 0 rings (SSSR count). The molecule has 0 aliphatic carbocycles. The minimum Gasteiger partial charge on any atom is -0.462 e. The molecule has 3 N–H and O–H groups in total. The highest BCUT2D eigenvalue weighted by Crippen LogP contribution is 2.43. The fourth-order valence-electron chi connectivity index (χ4n) is 6.34. The molecule has 0 aromatic heterocycles. The number of hydrogen-bond donors (Lipinski definition) is 2. The molecule has 2 atom stereocenters. The van der Waals surface area contributed by atoms with E-state index in [-0.39, 0.29) is 38.6 Å². The van der Waals surface area contributed by atoms with Gasteiger partial charge in [-0.25, -0.2) is 4.57 Å². The summed E-state index contributed by atoms with van der Waals surface area (Å²) in [6.07, 6.45) is 56.8. The molecule has 0 radical (unpaired) electrons. The Kier molecular flexibility index (Phi) is 44.0. The second-order valence-corrected chi connectivity index (χ2v) is 17.1. The van der Waals surface area contributed by atoms with Crippen molar-refractivity contribution < 1.29 is 37.6 Å². The lowest BCUT2D eigenvalue weighted by atomic mass is 10.0. The fraction of sp³-hybridized carbons (Fsp3) is 0.720. The molecule has 0 aromatic rings. The molecule has 0 amide bonds. The number of allylic oxidation sites excluding steroid dienone is 12. The number of ether oxygens (including phenoxy) is 2. The third-order valence-corrected chi connectivity index (χ3v) is 10.8. The van der Waals surface area contributed by atoms with E-state index >= 15 is 0 Å². The van der Waals surface area contributed by atoms with E-state index in [1.54, 1.807) is 0 Å². The number of carbonyl (C=O) groups is 2. The zero-order chi connectivity index (χ0) is 43.9. The highest BCUT2D eigenvalue weighted by atomic mass is 31.2. The quantitative estimate of drug-likeness (QED) is 0.0266. The van der Waals surface area contributed by atoms with E-state index in [4.69, 9.17) is 24.3 Å². The molecule has 0 aliphatic heterocycles. The van der Waals surface area contributed by atoms with Crippen LogP contribution in [0.3, 0.4) is 0 Å². The number of rotatable bonds is 44. The van der Waals surface area contributed by atoms with Crippen molar-refractivity contribution in [2.45, 2.75) is 206 Å². The van der Waals surface area contributed by atoms with Crippen molar-refractivity contribution in [1.82, 2.24) is 0 Å². The van der Waals surface area contributed by atoms with Crippen LogP contribution in [0.25, 0.3) is 0 Å². The van der Waals surface area contributed by atoms with Gasteiger partial charge < -0.3 is 20.1 Å². The Morgan fingerprint density at radius 2 is 0.917 bits per heavy atom. The van der Waals surface area contributed by atoms with Crippen LogP contribution in [0.15, 0.2) is 72.9 Å². The summed E-state index contributed by atoms with van der Waals surface area (Å²) in [5.41, 5.74) is 5.34. The minimum atomic E-state index is -4.37. The van der Waals surface area contributed by atoms with Gasteiger partial charge >= 0.3 is 19.8 Å². The molecule has 0 spiro atoms. The molecular weight excluding hydrogens is 774 g/mol. The van der Waals surface area contributed by atoms with Crippen molar-refractivity contribution in [3.05, 3.63) is 72.9 Å². The maximum absolute atomic E-state index is 12.6. The van der Waals surface area contributed by atoms with Crippen LogP contribution < -0.4 is 5.73 Å². The van der Waals surface area contributed by atoms with Gasteiger partial charge in [-0.2, -0.15) is 0 Å². The second kappa shape index (κ2) is 46.0. The van der Waals surface area contributed by atoms with Gasteiger partial charge in [-0.05, 0) is 64.2 Å². The topological polar surface area (TPSA) is 134 Å². The number of phosphoric ester groups is 1. The number of carbonyl (C=O) groups excluding carboxylic acids is 2. The van der Waals surface area contributed by atoms with E-state index in [2.05, 4.69) is 86.8 Å². The van der Waals surface area contributed by atoms with Crippen LogP contribution in [-0.4, -0.2) is 49.3 Å². The van der Waals surface area contributed by atoms with Gasteiger partial charge in [-0.3, -0.25) is 18.6 Å². The van der Waals surface area contributed by atoms with Gasteiger partial charge in [-0.1, -0.05) is 196 Å². The van der Waals surface area contributed by atoms with Crippen molar-refractivity contribution in [2.24, 2.45) is 5.73 Å². The van der Waals surface area contributed by atoms with Crippen molar-refractivity contribution >= 4 is 19.8 Å². The molecule has 0 aliphatic rings. The lowest BCUT2D eigenvalue weighted by Gasteiger charge is -2.19. The van der Waals surface area contributed by atoms with Crippen LogP contribution in [0.2, 0.25) is 0 Å². The molecule has 10 heteroatoms. The summed E-state index contributed by atoms with van der Waals surface area (Å²) in [4.78, 5) is 34.8. The summed E-state index contributed by atoms with van der Waals surface area (Å²) in [5, 5.41) is 0. The van der Waals surface area contributed by atoms with Gasteiger partial charge in [0.2, 0.25) is 0 Å². The molecule has 346 valence electrons.